The zero-order valence-corrected chi connectivity index (χ0v) is 18.4. The smallest absolute Gasteiger partial charge is 0.253 e. The first kappa shape index (κ1) is 24.2. The van der Waals surface area contributed by atoms with Crippen molar-refractivity contribution < 1.29 is 24.5 Å². The monoisotopic (exact) mass is 420 g/mol. The van der Waals surface area contributed by atoms with E-state index in [0.717, 1.165) is 38.5 Å². The van der Waals surface area contributed by atoms with Crippen LogP contribution in [-0.2, 0) is 0 Å². The number of fused-ring (bicyclic) bond motifs is 2. The lowest BCUT2D eigenvalue weighted by atomic mass is 9.92. The molecule has 7 nitrogen and oxygen atoms in total. The molecule has 30 heavy (non-hydrogen) atoms. The lowest BCUT2D eigenvalue weighted by molar-refractivity contribution is 0.0501. The summed E-state index contributed by atoms with van der Waals surface area (Å²) in [5.74, 6) is 0.173. The fourth-order valence-electron chi connectivity index (χ4n) is 3.75. The van der Waals surface area contributed by atoms with Gasteiger partial charge >= 0.3 is 0 Å². The maximum atomic E-state index is 13.0. The number of ether oxygens (including phenoxy) is 1. The highest BCUT2D eigenvalue weighted by Gasteiger charge is 2.24. The summed E-state index contributed by atoms with van der Waals surface area (Å²) >= 11 is 0. The maximum Gasteiger partial charge on any atom is 0.253 e. The van der Waals surface area contributed by atoms with Gasteiger partial charge in [0.05, 0.1) is 25.4 Å². The van der Waals surface area contributed by atoms with Crippen LogP contribution in [0.5, 0.6) is 5.75 Å². The number of amides is 2. The number of hydrogen-bond acceptors (Lipinski definition) is 5. The van der Waals surface area contributed by atoms with Gasteiger partial charge in [-0.2, -0.15) is 0 Å². The number of nitrogens with zero attached hydrogens (tertiary/aromatic N) is 1. The van der Waals surface area contributed by atoms with Gasteiger partial charge in [-0.15, -0.1) is 0 Å². The third kappa shape index (κ3) is 7.29. The predicted octanol–water partition coefficient (Wildman–Crippen LogP) is 2.60. The standard InChI is InChI=1S/C23H36N2O5/c1-16-9-7-5-4-6-8-10-30-19-13-17(12-18(14-19)23(29)25(2)3)22(28)24-20(11-16)21(27)15-26/h12-14,16,20-21,26-27H,4-11,15H2,1-3H3,(H,24,28)/t16-,20+,21+/m1/s1. The number of aliphatic hydroxyl groups is 2. The number of carbonyl (C=O) groups excluding carboxylic acids is 2. The molecule has 2 amide bonds. The SMILES string of the molecule is C[C@@H]1CCCCCCCOc2cc(cc(C(=O)N(C)C)c2)C(=O)N[C@H]([C@@H](O)CO)C1. The molecule has 0 saturated heterocycles. The predicted molar refractivity (Wildman–Crippen MR) is 116 cm³/mol. The van der Waals surface area contributed by atoms with Crippen molar-refractivity contribution in [2.24, 2.45) is 5.92 Å². The molecule has 1 heterocycles. The van der Waals surface area contributed by atoms with Crippen molar-refractivity contribution in [3.05, 3.63) is 29.3 Å². The topological polar surface area (TPSA) is 99.1 Å². The minimum Gasteiger partial charge on any atom is -0.494 e. The first-order valence-electron chi connectivity index (χ1n) is 10.9. The van der Waals surface area contributed by atoms with Gasteiger partial charge in [-0.05, 0) is 37.0 Å². The van der Waals surface area contributed by atoms with Crippen LogP contribution < -0.4 is 10.1 Å². The molecule has 0 unspecified atom stereocenters. The van der Waals surface area contributed by atoms with E-state index in [0.29, 0.717) is 35.8 Å². The summed E-state index contributed by atoms with van der Waals surface area (Å²) in [6.07, 6.45) is 5.92. The maximum absolute atomic E-state index is 13.0. The Morgan fingerprint density at radius 1 is 1.20 bits per heavy atom. The first-order valence-corrected chi connectivity index (χ1v) is 10.9. The van der Waals surface area contributed by atoms with E-state index in [1.807, 2.05) is 0 Å². The Hall–Kier alpha value is -2.12. The molecule has 3 N–H and O–H groups in total. The van der Waals surface area contributed by atoms with Crippen LogP contribution >= 0.6 is 0 Å². The Balaban J connectivity index is 2.33. The molecule has 0 radical (unpaired) electrons. The van der Waals surface area contributed by atoms with Gasteiger partial charge in [-0.1, -0.05) is 39.0 Å². The quantitative estimate of drug-likeness (QED) is 0.698. The van der Waals surface area contributed by atoms with Gasteiger partial charge in [-0.3, -0.25) is 9.59 Å². The molecule has 1 aliphatic rings. The van der Waals surface area contributed by atoms with Crippen LogP contribution in [0.1, 0.15) is 72.6 Å². The van der Waals surface area contributed by atoms with Gasteiger partial charge in [0.15, 0.2) is 0 Å². The van der Waals surface area contributed by atoms with E-state index in [-0.39, 0.29) is 5.91 Å². The molecule has 0 aromatic heterocycles. The van der Waals surface area contributed by atoms with E-state index < -0.39 is 24.7 Å². The minimum absolute atomic E-state index is 0.218. The fourth-order valence-corrected chi connectivity index (χ4v) is 3.75. The summed E-state index contributed by atoms with van der Waals surface area (Å²) < 4.78 is 5.84. The average Bonchev–Trinajstić information content (AvgIpc) is 2.72. The molecule has 168 valence electrons. The molecule has 0 spiro atoms. The van der Waals surface area contributed by atoms with E-state index in [1.165, 1.54) is 4.90 Å². The Morgan fingerprint density at radius 3 is 2.60 bits per heavy atom. The van der Waals surface area contributed by atoms with Gasteiger partial charge < -0.3 is 25.2 Å². The van der Waals surface area contributed by atoms with Crippen LogP contribution in [0.3, 0.4) is 0 Å². The molecule has 1 aromatic rings. The van der Waals surface area contributed by atoms with Crippen molar-refractivity contribution in [2.45, 2.75) is 64.0 Å². The zero-order chi connectivity index (χ0) is 22.1. The number of rotatable bonds is 3. The molecular formula is C23H36N2O5. The highest BCUT2D eigenvalue weighted by atomic mass is 16.5. The summed E-state index contributed by atoms with van der Waals surface area (Å²) in [6, 6.07) is 4.26. The number of benzene rings is 1. The number of carbonyl (C=O) groups is 2. The van der Waals surface area contributed by atoms with Crippen molar-refractivity contribution in [1.82, 2.24) is 10.2 Å². The summed E-state index contributed by atoms with van der Waals surface area (Å²) in [7, 11) is 3.31. The lowest BCUT2D eigenvalue weighted by Crippen LogP contribution is -2.46. The molecule has 7 heteroatoms. The molecule has 2 rings (SSSR count). The second-order valence-electron chi connectivity index (χ2n) is 8.52. The van der Waals surface area contributed by atoms with Crippen molar-refractivity contribution in [2.75, 3.05) is 27.3 Å². The van der Waals surface area contributed by atoms with Crippen LogP contribution in [0.25, 0.3) is 0 Å². The van der Waals surface area contributed by atoms with Gasteiger partial charge in [0, 0.05) is 25.2 Å². The Bertz CT molecular complexity index is 707. The van der Waals surface area contributed by atoms with Crippen molar-refractivity contribution in [1.29, 1.82) is 0 Å². The van der Waals surface area contributed by atoms with Gasteiger partial charge in [0.1, 0.15) is 5.75 Å². The second-order valence-corrected chi connectivity index (χ2v) is 8.52. The highest BCUT2D eigenvalue weighted by Crippen LogP contribution is 2.22. The molecule has 0 aliphatic carbocycles. The van der Waals surface area contributed by atoms with E-state index in [1.54, 1.807) is 32.3 Å². The minimum atomic E-state index is -1.04. The summed E-state index contributed by atoms with van der Waals surface area (Å²) in [5, 5.41) is 22.5. The van der Waals surface area contributed by atoms with Crippen LogP contribution in [0.15, 0.2) is 18.2 Å². The number of aliphatic hydroxyl groups excluding tert-OH is 2. The fraction of sp³-hybridized carbons (Fsp3) is 0.652. The molecule has 0 saturated carbocycles. The van der Waals surface area contributed by atoms with Crippen LogP contribution in [0.4, 0.5) is 0 Å². The number of nitrogens with one attached hydrogen (secondary N) is 1. The van der Waals surface area contributed by atoms with Crippen LogP contribution in [0, 0.1) is 5.92 Å². The van der Waals surface area contributed by atoms with Crippen molar-refractivity contribution in [3.63, 3.8) is 0 Å². The average molecular weight is 421 g/mol. The van der Waals surface area contributed by atoms with Gasteiger partial charge in [-0.25, -0.2) is 0 Å². The number of hydrogen-bond donors (Lipinski definition) is 3. The molecule has 1 aliphatic heterocycles. The molecule has 2 bridgehead atoms. The Morgan fingerprint density at radius 2 is 1.90 bits per heavy atom. The van der Waals surface area contributed by atoms with E-state index in [2.05, 4.69) is 12.2 Å². The first-order chi connectivity index (χ1) is 14.3. The van der Waals surface area contributed by atoms with Crippen molar-refractivity contribution >= 4 is 11.8 Å². The Labute approximate surface area is 179 Å². The summed E-state index contributed by atoms with van der Waals surface area (Å²) in [4.78, 5) is 26.9. The van der Waals surface area contributed by atoms with E-state index >= 15 is 0 Å². The molecule has 0 fully saturated rings. The largest absolute Gasteiger partial charge is 0.494 e. The highest BCUT2D eigenvalue weighted by molar-refractivity contribution is 6.00. The molecule has 3 atom stereocenters. The zero-order valence-electron chi connectivity index (χ0n) is 18.4. The molecule has 1 aromatic carbocycles. The van der Waals surface area contributed by atoms with Gasteiger partial charge in [0.25, 0.3) is 11.8 Å². The lowest BCUT2D eigenvalue weighted by Gasteiger charge is -2.26. The third-order valence-electron chi connectivity index (χ3n) is 5.56. The summed E-state index contributed by atoms with van der Waals surface area (Å²) in [5.41, 5.74) is 0.670. The van der Waals surface area contributed by atoms with Gasteiger partial charge in [0.2, 0.25) is 0 Å². The van der Waals surface area contributed by atoms with E-state index in [9.17, 15) is 19.8 Å². The van der Waals surface area contributed by atoms with Crippen molar-refractivity contribution in [3.8, 4) is 5.75 Å². The summed E-state index contributed by atoms with van der Waals surface area (Å²) in [6.45, 7) is 2.21. The second kappa shape index (κ2) is 11.9. The normalized spacial score (nSPS) is 22.5. The Kier molecular flexibility index (Phi) is 9.59. The molecular weight excluding hydrogens is 384 g/mol. The van der Waals surface area contributed by atoms with E-state index in [4.69, 9.17) is 4.74 Å². The van der Waals surface area contributed by atoms with Crippen LogP contribution in [-0.4, -0.2) is 66.4 Å². The third-order valence-corrected chi connectivity index (χ3v) is 5.56. The van der Waals surface area contributed by atoms with Crippen LogP contribution in [0.2, 0.25) is 0 Å².